The summed E-state index contributed by atoms with van der Waals surface area (Å²) in [5.41, 5.74) is 2.79. The molecule has 2 aromatic carbocycles. The van der Waals surface area contributed by atoms with Crippen LogP contribution in [0.1, 0.15) is 5.56 Å². The quantitative estimate of drug-likeness (QED) is 0.517. The maximum absolute atomic E-state index is 5.44. The van der Waals surface area contributed by atoms with Gasteiger partial charge in [0.1, 0.15) is 12.1 Å². The lowest BCUT2D eigenvalue weighted by atomic mass is 10.1. The molecule has 0 atom stereocenters. The Kier molecular flexibility index (Phi) is 5.15. The molecule has 1 N–H and O–H groups in total. The molecule has 2 heterocycles. The van der Waals surface area contributed by atoms with Crippen molar-refractivity contribution in [2.24, 2.45) is 0 Å². The van der Waals surface area contributed by atoms with Gasteiger partial charge in [-0.15, -0.1) is 0 Å². The largest absolute Gasteiger partial charge is 0.493 e. The Bertz CT molecular complexity index is 1100. The standard InChI is InChI=1S/C21H21N5O3/c1-27-17-9-14(10-18(28-2)20(17)29-3)12-22-19-11-16(15-7-5-4-6-8-15)25-21-23-13-24-26(19)21/h4-11,13,22H,12H2,1-3H3. The van der Waals surface area contributed by atoms with Gasteiger partial charge in [0, 0.05) is 18.2 Å². The molecule has 0 spiro atoms. The highest BCUT2D eigenvalue weighted by Gasteiger charge is 2.14. The lowest BCUT2D eigenvalue weighted by molar-refractivity contribution is 0.324. The van der Waals surface area contributed by atoms with E-state index in [4.69, 9.17) is 14.2 Å². The number of hydrogen-bond donors (Lipinski definition) is 1. The van der Waals surface area contributed by atoms with Gasteiger partial charge in [-0.1, -0.05) is 30.3 Å². The zero-order chi connectivity index (χ0) is 20.2. The van der Waals surface area contributed by atoms with E-state index in [1.807, 2.05) is 48.5 Å². The monoisotopic (exact) mass is 391 g/mol. The molecule has 0 radical (unpaired) electrons. The highest BCUT2D eigenvalue weighted by atomic mass is 16.5. The molecule has 8 heteroatoms. The number of nitrogens with zero attached hydrogens (tertiary/aromatic N) is 4. The molecular weight excluding hydrogens is 370 g/mol. The normalized spacial score (nSPS) is 10.7. The van der Waals surface area contributed by atoms with Crippen molar-refractivity contribution in [2.45, 2.75) is 6.54 Å². The van der Waals surface area contributed by atoms with E-state index in [2.05, 4.69) is 20.4 Å². The highest BCUT2D eigenvalue weighted by molar-refractivity contribution is 5.65. The first-order valence-corrected chi connectivity index (χ1v) is 9.02. The Morgan fingerprint density at radius 2 is 1.66 bits per heavy atom. The summed E-state index contributed by atoms with van der Waals surface area (Å²) in [6.07, 6.45) is 1.49. The van der Waals surface area contributed by atoms with Crippen LogP contribution in [-0.2, 0) is 6.54 Å². The van der Waals surface area contributed by atoms with Gasteiger partial charge in [-0.05, 0) is 17.7 Å². The summed E-state index contributed by atoms with van der Waals surface area (Å²) in [5, 5.41) is 7.68. The average Bonchev–Trinajstić information content (AvgIpc) is 3.26. The molecule has 0 bridgehead atoms. The summed E-state index contributed by atoms with van der Waals surface area (Å²) in [6.45, 7) is 0.518. The molecule has 0 saturated carbocycles. The Morgan fingerprint density at radius 1 is 0.931 bits per heavy atom. The topological polar surface area (TPSA) is 82.8 Å². The predicted octanol–water partition coefficient (Wildman–Crippen LogP) is 3.43. The molecule has 148 valence electrons. The van der Waals surface area contributed by atoms with Crippen LogP contribution < -0.4 is 19.5 Å². The van der Waals surface area contributed by atoms with E-state index in [1.54, 1.807) is 25.8 Å². The van der Waals surface area contributed by atoms with Crippen LogP contribution >= 0.6 is 0 Å². The summed E-state index contributed by atoms with van der Waals surface area (Å²) in [6, 6.07) is 15.7. The van der Waals surface area contributed by atoms with Crippen molar-refractivity contribution >= 4 is 11.6 Å². The first kappa shape index (κ1) is 18.5. The third-order valence-electron chi connectivity index (χ3n) is 4.52. The minimum absolute atomic E-state index is 0.518. The lowest BCUT2D eigenvalue weighted by Gasteiger charge is -2.15. The van der Waals surface area contributed by atoms with Gasteiger partial charge in [-0.2, -0.15) is 14.6 Å². The number of rotatable bonds is 7. The number of benzene rings is 2. The third-order valence-corrected chi connectivity index (χ3v) is 4.52. The zero-order valence-corrected chi connectivity index (χ0v) is 16.4. The number of methoxy groups -OCH3 is 3. The second-order valence-electron chi connectivity index (χ2n) is 6.25. The predicted molar refractivity (Wildman–Crippen MR) is 110 cm³/mol. The van der Waals surface area contributed by atoms with Crippen LogP contribution in [0.3, 0.4) is 0 Å². The Balaban J connectivity index is 1.67. The van der Waals surface area contributed by atoms with Crippen LogP contribution in [0.15, 0.2) is 54.9 Å². The van der Waals surface area contributed by atoms with Crippen LogP contribution in [0.25, 0.3) is 17.0 Å². The molecule has 0 unspecified atom stereocenters. The Morgan fingerprint density at radius 3 is 2.31 bits per heavy atom. The summed E-state index contributed by atoms with van der Waals surface area (Å²) >= 11 is 0. The summed E-state index contributed by atoms with van der Waals surface area (Å²) in [4.78, 5) is 8.83. The van der Waals surface area contributed by atoms with Gasteiger partial charge in [0.2, 0.25) is 5.75 Å². The maximum Gasteiger partial charge on any atom is 0.254 e. The number of aromatic nitrogens is 4. The molecule has 29 heavy (non-hydrogen) atoms. The van der Waals surface area contributed by atoms with E-state index in [0.29, 0.717) is 29.6 Å². The van der Waals surface area contributed by atoms with Crippen LogP contribution in [0.2, 0.25) is 0 Å². The fourth-order valence-corrected chi connectivity index (χ4v) is 3.13. The Hall–Kier alpha value is -3.81. The molecule has 8 nitrogen and oxygen atoms in total. The molecular formula is C21H21N5O3. The van der Waals surface area contributed by atoms with Gasteiger partial charge in [0.25, 0.3) is 5.78 Å². The van der Waals surface area contributed by atoms with Crippen LogP contribution in [0.4, 0.5) is 5.82 Å². The van der Waals surface area contributed by atoms with Crippen molar-refractivity contribution in [2.75, 3.05) is 26.6 Å². The van der Waals surface area contributed by atoms with Crippen molar-refractivity contribution in [3.05, 3.63) is 60.4 Å². The fourth-order valence-electron chi connectivity index (χ4n) is 3.13. The lowest BCUT2D eigenvalue weighted by Crippen LogP contribution is -2.07. The van der Waals surface area contributed by atoms with E-state index in [-0.39, 0.29) is 0 Å². The molecule has 0 aliphatic carbocycles. The van der Waals surface area contributed by atoms with Gasteiger partial charge < -0.3 is 19.5 Å². The van der Waals surface area contributed by atoms with E-state index >= 15 is 0 Å². The first-order chi connectivity index (χ1) is 14.2. The molecule has 4 rings (SSSR count). The van der Waals surface area contributed by atoms with Gasteiger partial charge in [0.05, 0.1) is 27.0 Å². The molecule has 2 aromatic heterocycles. The number of hydrogen-bond acceptors (Lipinski definition) is 7. The van der Waals surface area contributed by atoms with Crippen molar-refractivity contribution in [3.63, 3.8) is 0 Å². The minimum Gasteiger partial charge on any atom is -0.493 e. The molecule has 0 fully saturated rings. The van der Waals surface area contributed by atoms with E-state index in [9.17, 15) is 0 Å². The number of ether oxygens (including phenoxy) is 3. The molecule has 4 aromatic rings. The van der Waals surface area contributed by atoms with Crippen LogP contribution in [0, 0.1) is 0 Å². The van der Waals surface area contributed by atoms with E-state index in [0.717, 1.165) is 22.6 Å². The number of fused-ring (bicyclic) bond motifs is 1. The SMILES string of the molecule is COc1cc(CNc2cc(-c3ccccc3)nc3ncnn23)cc(OC)c1OC. The number of nitrogens with one attached hydrogen (secondary N) is 1. The smallest absolute Gasteiger partial charge is 0.254 e. The minimum atomic E-state index is 0.518. The summed E-state index contributed by atoms with van der Waals surface area (Å²) in [7, 11) is 4.78. The van der Waals surface area contributed by atoms with Gasteiger partial charge >= 0.3 is 0 Å². The molecule has 0 saturated heterocycles. The summed E-state index contributed by atoms with van der Waals surface area (Å²) in [5.74, 6) is 3.08. The molecule has 0 amide bonds. The van der Waals surface area contributed by atoms with Crippen LogP contribution in [-0.4, -0.2) is 40.9 Å². The second-order valence-corrected chi connectivity index (χ2v) is 6.25. The fraction of sp³-hybridized carbons (Fsp3) is 0.190. The number of anilines is 1. The first-order valence-electron chi connectivity index (χ1n) is 9.02. The van der Waals surface area contributed by atoms with Gasteiger partial charge in [0.15, 0.2) is 11.5 Å². The zero-order valence-electron chi connectivity index (χ0n) is 16.4. The van der Waals surface area contributed by atoms with E-state index < -0.39 is 0 Å². The Labute approximate surface area is 168 Å². The van der Waals surface area contributed by atoms with Gasteiger partial charge in [-0.25, -0.2) is 4.98 Å². The molecule has 0 aliphatic heterocycles. The maximum atomic E-state index is 5.44. The van der Waals surface area contributed by atoms with Crippen molar-refractivity contribution in [3.8, 4) is 28.5 Å². The van der Waals surface area contributed by atoms with Crippen LogP contribution in [0.5, 0.6) is 17.2 Å². The summed E-state index contributed by atoms with van der Waals surface area (Å²) < 4.78 is 17.9. The highest BCUT2D eigenvalue weighted by Crippen LogP contribution is 2.38. The van der Waals surface area contributed by atoms with E-state index in [1.165, 1.54) is 6.33 Å². The van der Waals surface area contributed by atoms with Crippen molar-refractivity contribution in [1.82, 2.24) is 19.6 Å². The van der Waals surface area contributed by atoms with Crippen molar-refractivity contribution < 1.29 is 14.2 Å². The second kappa shape index (κ2) is 8.05. The molecule has 0 aliphatic rings. The average molecular weight is 391 g/mol. The van der Waals surface area contributed by atoms with Gasteiger partial charge in [-0.3, -0.25) is 0 Å². The van der Waals surface area contributed by atoms with Crippen molar-refractivity contribution in [1.29, 1.82) is 0 Å². The third kappa shape index (κ3) is 3.64.